The van der Waals surface area contributed by atoms with Crippen LogP contribution < -0.4 is 15.0 Å². The Morgan fingerprint density at radius 1 is 0.943 bits per heavy atom. The minimum absolute atomic E-state index is 0.0173. The quantitative estimate of drug-likeness (QED) is 0.399. The lowest BCUT2D eigenvalue weighted by Gasteiger charge is -2.19. The number of hydrogen-bond donors (Lipinski definition) is 0. The summed E-state index contributed by atoms with van der Waals surface area (Å²) in [6, 6.07) is 13.4. The van der Waals surface area contributed by atoms with Gasteiger partial charge in [0.05, 0.1) is 29.4 Å². The molecular weight excluding hydrogens is 446 g/mol. The Labute approximate surface area is 199 Å². The molecule has 2 aliphatic rings. The molecule has 35 heavy (non-hydrogen) atoms. The van der Waals surface area contributed by atoms with Crippen molar-refractivity contribution in [1.29, 1.82) is 0 Å². The van der Waals surface area contributed by atoms with Crippen molar-refractivity contribution in [2.24, 2.45) is 0 Å². The molecule has 0 spiro atoms. The maximum atomic E-state index is 13.9. The molecule has 0 radical (unpaired) electrons. The first-order valence-corrected chi connectivity index (χ1v) is 11.9. The van der Waals surface area contributed by atoms with Gasteiger partial charge in [-0.15, -0.1) is 0 Å². The van der Waals surface area contributed by atoms with Crippen molar-refractivity contribution >= 4 is 33.2 Å². The number of hydrogen-bond acceptors (Lipinski definition) is 7. The SMILES string of the molecule is Cc1nc2c(c(=O)n1CC1CCCO1)c1nc3ccccc3nc1n2-c1ccc2c(c1)OCCO2. The van der Waals surface area contributed by atoms with E-state index in [1.807, 2.05) is 54.0 Å². The largest absolute Gasteiger partial charge is 0.486 e. The molecule has 5 heterocycles. The van der Waals surface area contributed by atoms with E-state index in [0.29, 0.717) is 59.3 Å². The van der Waals surface area contributed by atoms with E-state index in [2.05, 4.69) is 0 Å². The first kappa shape index (κ1) is 20.4. The predicted octanol–water partition coefficient (Wildman–Crippen LogP) is 3.54. The van der Waals surface area contributed by atoms with Gasteiger partial charge in [-0.25, -0.2) is 15.0 Å². The molecule has 5 aromatic rings. The fourth-order valence-corrected chi connectivity index (χ4v) is 5.05. The van der Waals surface area contributed by atoms with Crippen molar-refractivity contribution in [3.05, 3.63) is 58.6 Å². The molecule has 1 unspecified atom stereocenters. The van der Waals surface area contributed by atoms with E-state index in [1.54, 1.807) is 4.57 Å². The molecule has 1 fully saturated rings. The molecular formula is C26H23N5O4. The average molecular weight is 470 g/mol. The summed E-state index contributed by atoms with van der Waals surface area (Å²) in [5.74, 6) is 1.98. The zero-order chi connectivity index (χ0) is 23.5. The summed E-state index contributed by atoms with van der Waals surface area (Å²) in [6.07, 6.45) is 1.96. The normalized spacial score (nSPS) is 17.6. The summed E-state index contributed by atoms with van der Waals surface area (Å²) >= 11 is 0. The van der Waals surface area contributed by atoms with Crippen molar-refractivity contribution in [3.63, 3.8) is 0 Å². The van der Waals surface area contributed by atoms with Crippen LogP contribution in [-0.4, -0.2) is 50.0 Å². The molecule has 176 valence electrons. The van der Waals surface area contributed by atoms with E-state index in [0.717, 1.165) is 36.2 Å². The van der Waals surface area contributed by atoms with Gasteiger partial charge in [-0.05, 0) is 44.0 Å². The highest BCUT2D eigenvalue weighted by atomic mass is 16.6. The molecule has 0 aliphatic carbocycles. The van der Waals surface area contributed by atoms with E-state index >= 15 is 0 Å². The van der Waals surface area contributed by atoms with Gasteiger partial charge in [0.15, 0.2) is 22.8 Å². The van der Waals surface area contributed by atoms with Gasteiger partial charge < -0.3 is 14.2 Å². The number of benzene rings is 2. The van der Waals surface area contributed by atoms with E-state index in [4.69, 9.17) is 29.2 Å². The minimum atomic E-state index is -0.131. The van der Waals surface area contributed by atoms with Crippen molar-refractivity contribution in [3.8, 4) is 17.2 Å². The molecule has 2 aliphatic heterocycles. The zero-order valence-electron chi connectivity index (χ0n) is 19.2. The lowest BCUT2D eigenvalue weighted by atomic mass is 10.2. The van der Waals surface area contributed by atoms with Gasteiger partial charge in [0.25, 0.3) is 5.56 Å². The fraction of sp³-hybridized carbons (Fsp3) is 0.308. The Hall–Kier alpha value is -3.98. The predicted molar refractivity (Wildman–Crippen MR) is 131 cm³/mol. The Bertz CT molecular complexity index is 1680. The Morgan fingerprint density at radius 3 is 2.54 bits per heavy atom. The summed E-state index contributed by atoms with van der Waals surface area (Å²) in [6.45, 7) is 4.07. The molecule has 2 aromatic carbocycles. The molecule has 0 bridgehead atoms. The summed E-state index contributed by atoms with van der Waals surface area (Å²) < 4.78 is 20.9. The standard InChI is InChI=1S/C26H23N5O4/c1-15-27-24-22(26(32)30(15)14-17-5-4-10-33-17)23-25(29-19-7-3-2-6-18(19)28-23)31(24)16-8-9-20-21(13-16)35-12-11-34-20/h2-3,6-9,13,17H,4-5,10-12,14H2,1H3. The van der Waals surface area contributed by atoms with Crippen molar-refractivity contribution in [2.45, 2.75) is 32.4 Å². The van der Waals surface area contributed by atoms with Crippen LogP contribution in [0.15, 0.2) is 47.3 Å². The Morgan fingerprint density at radius 2 is 1.74 bits per heavy atom. The summed E-state index contributed by atoms with van der Waals surface area (Å²) in [5, 5.41) is 0.455. The zero-order valence-corrected chi connectivity index (χ0v) is 19.2. The van der Waals surface area contributed by atoms with Gasteiger partial charge in [-0.2, -0.15) is 0 Å². The van der Waals surface area contributed by atoms with Crippen LogP contribution >= 0.6 is 0 Å². The van der Waals surface area contributed by atoms with Crippen LogP contribution in [0.25, 0.3) is 38.9 Å². The van der Waals surface area contributed by atoms with Crippen LogP contribution in [0.1, 0.15) is 18.7 Å². The summed E-state index contributed by atoms with van der Waals surface area (Å²) in [5.41, 5.74) is 3.76. The molecule has 0 N–H and O–H groups in total. The molecule has 9 heteroatoms. The maximum Gasteiger partial charge on any atom is 0.265 e. The number of para-hydroxylation sites is 2. The highest BCUT2D eigenvalue weighted by molar-refractivity contribution is 6.05. The Kier molecular flexibility index (Phi) is 4.53. The van der Waals surface area contributed by atoms with E-state index in [1.165, 1.54) is 0 Å². The first-order chi connectivity index (χ1) is 17.2. The molecule has 3 aromatic heterocycles. The van der Waals surface area contributed by atoms with Crippen LogP contribution in [0.5, 0.6) is 11.5 Å². The van der Waals surface area contributed by atoms with Crippen molar-refractivity contribution in [1.82, 2.24) is 24.1 Å². The van der Waals surface area contributed by atoms with Gasteiger partial charge in [0.1, 0.15) is 29.9 Å². The number of aromatic nitrogens is 5. The van der Waals surface area contributed by atoms with Crippen LogP contribution in [0.3, 0.4) is 0 Å². The van der Waals surface area contributed by atoms with Crippen LogP contribution in [0.2, 0.25) is 0 Å². The van der Waals surface area contributed by atoms with Crippen molar-refractivity contribution < 1.29 is 14.2 Å². The van der Waals surface area contributed by atoms with Gasteiger partial charge in [-0.3, -0.25) is 13.9 Å². The number of aryl methyl sites for hydroxylation is 1. The maximum absolute atomic E-state index is 13.9. The third kappa shape index (κ3) is 3.19. The Balaban J connectivity index is 1.55. The minimum Gasteiger partial charge on any atom is -0.486 e. The van der Waals surface area contributed by atoms with Crippen LogP contribution in [0, 0.1) is 6.92 Å². The molecule has 1 atom stereocenters. The molecule has 9 nitrogen and oxygen atoms in total. The molecule has 0 saturated carbocycles. The van der Waals surface area contributed by atoms with E-state index in [-0.39, 0.29) is 11.7 Å². The van der Waals surface area contributed by atoms with Gasteiger partial charge in [0.2, 0.25) is 0 Å². The van der Waals surface area contributed by atoms with E-state index < -0.39 is 0 Å². The number of rotatable bonds is 3. The number of ether oxygens (including phenoxy) is 3. The summed E-state index contributed by atoms with van der Waals surface area (Å²) in [7, 11) is 0. The second-order valence-electron chi connectivity index (χ2n) is 8.96. The van der Waals surface area contributed by atoms with Crippen LogP contribution in [0.4, 0.5) is 0 Å². The van der Waals surface area contributed by atoms with Gasteiger partial charge in [0, 0.05) is 12.7 Å². The van der Waals surface area contributed by atoms with E-state index in [9.17, 15) is 4.79 Å². The molecule has 1 saturated heterocycles. The monoisotopic (exact) mass is 469 g/mol. The second-order valence-corrected chi connectivity index (χ2v) is 8.96. The van der Waals surface area contributed by atoms with Crippen LogP contribution in [-0.2, 0) is 11.3 Å². The van der Waals surface area contributed by atoms with Gasteiger partial charge >= 0.3 is 0 Å². The fourth-order valence-electron chi connectivity index (χ4n) is 5.05. The number of fused-ring (bicyclic) bond motifs is 5. The molecule has 7 rings (SSSR count). The topological polar surface area (TPSA) is 93.3 Å². The second kappa shape index (κ2) is 7.78. The van der Waals surface area contributed by atoms with Gasteiger partial charge in [-0.1, -0.05) is 12.1 Å². The first-order valence-electron chi connectivity index (χ1n) is 11.9. The third-order valence-corrected chi connectivity index (χ3v) is 6.75. The highest BCUT2D eigenvalue weighted by Gasteiger charge is 2.25. The van der Waals surface area contributed by atoms with Crippen molar-refractivity contribution in [2.75, 3.05) is 19.8 Å². The average Bonchev–Trinajstić information content (AvgIpc) is 3.50. The molecule has 0 amide bonds. The lowest BCUT2D eigenvalue weighted by molar-refractivity contribution is 0.0955. The highest BCUT2D eigenvalue weighted by Crippen LogP contribution is 2.35. The smallest absolute Gasteiger partial charge is 0.265 e. The summed E-state index contributed by atoms with van der Waals surface area (Å²) in [4.78, 5) is 28.6. The third-order valence-electron chi connectivity index (χ3n) is 6.75. The lowest BCUT2D eigenvalue weighted by Crippen LogP contribution is -2.29. The number of nitrogens with zero attached hydrogens (tertiary/aromatic N) is 5.